The predicted molar refractivity (Wildman–Crippen MR) is 67.2 cm³/mol. The van der Waals surface area contributed by atoms with E-state index in [4.69, 9.17) is 0 Å². The van der Waals surface area contributed by atoms with E-state index < -0.39 is 34.8 Å². The Morgan fingerprint density at radius 3 is 2.50 bits per heavy atom. The summed E-state index contributed by atoms with van der Waals surface area (Å²) in [5, 5.41) is 0. The summed E-state index contributed by atoms with van der Waals surface area (Å²) in [6.45, 7) is 1.76. The van der Waals surface area contributed by atoms with Crippen LogP contribution in [-0.2, 0) is 10.0 Å². The first-order valence-electron chi connectivity index (χ1n) is 5.36. The maximum Gasteiger partial charge on any atom is 0.251 e. The fourth-order valence-corrected chi connectivity index (χ4v) is 3.38. The van der Waals surface area contributed by atoms with Gasteiger partial charge in [-0.1, -0.05) is 15.9 Å². The molecule has 0 heterocycles. The lowest BCUT2D eigenvalue weighted by molar-refractivity contribution is -0.0876. The van der Waals surface area contributed by atoms with Crippen LogP contribution in [0.2, 0.25) is 0 Å². The minimum Gasteiger partial charge on any atom is -0.208 e. The van der Waals surface area contributed by atoms with Crippen molar-refractivity contribution in [2.45, 2.75) is 36.6 Å². The molecule has 18 heavy (non-hydrogen) atoms. The van der Waals surface area contributed by atoms with E-state index in [-0.39, 0.29) is 4.90 Å². The summed E-state index contributed by atoms with van der Waals surface area (Å²) in [7, 11) is -3.71. The quantitative estimate of drug-likeness (QED) is 0.920. The second-order valence-electron chi connectivity index (χ2n) is 4.49. The van der Waals surface area contributed by atoms with E-state index in [0.29, 0.717) is 0 Å². The van der Waals surface area contributed by atoms with Crippen molar-refractivity contribution in [3.05, 3.63) is 28.2 Å². The second kappa shape index (κ2) is 4.54. The molecule has 0 aromatic heterocycles. The van der Waals surface area contributed by atoms with Gasteiger partial charge in [0.1, 0.15) is 0 Å². The van der Waals surface area contributed by atoms with Crippen molar-refractivity contribution >= 4 is 26.0 Å². The molecule has 3 nitrogen and oxygen atoms in total. The first-order chi connectivity index (χ1) is 8.20. The molecule has 0 amide bonds. The number of rotatable bonds is 3. The molecule has 1 saturated carbocycles. The van der Waals surface area contributed by atoms with Gasteiger partial charge >= 0.3 is 0 Å². The lowest BCUT2D eigenvalue weighted by atomic mass is 9.89. The summed E-state index contributed by atoms with van der Waals surface area (Å²) < 4.78 is 52.3. The molecule has 0 spiro atoms. The highest BCUT2D eigenvalue weighted by molar-refractivity contribution is 9.10. The van der Waals surface area contributed by atoms with Crippen LogP contribution >= 0.6 is 15.9 Å². The third kappa shape index (κ3) is 2.89. The normalized spacial score (nSPS) is 19.6. The summed E-state index contributed by atoms with van der Waals surface area (Å²) >= 11 is 3.27. The van der Waals surface area contributed by atoms with Crippen molar-refractivity contribution in [2.24, 2.45) is 0 Å². The standard InChI is InChI=1S/C11H12BrF2NO2S/c1-7-4-9(2-3-10(7)12)18(16,17)15-8-5-11(13,14)6-8/h2-4,8,15H,5-6H2,1H3. The molecule has 2 rings (SSSR count). The van der Waals surface area contributed by atoms with Crippen LogP contribution in [0, 0.1) is 6.92 Å². The van der Waals surface area contributed by atoms with Gasteiger partial charge in [0, 0.05) is 23.4 Å². The van der Waals surface area contributed by atoms with Gasteiger partial charge in [0.15, 0.2) is 0 Å². The van der Waals surface area contributed by atoms with Crippen LogP contribution in [0.5, 0.6) is 0 Å². The Kier molecular flexibility index (Phi) is 3.50. The van der Waals surface area contributed by atoms with Crippen molar-refractivity contribution < 1.29 is 17.2 Å². The second-order valence-corrected chi connectivity index (χ2v) is 7.06. The number of benzene rings is 1. The van der Waals surface area contributed by atoms with Crippen LogP contribution < -0.4 is 4.72 Å². The number of hydrogen-bond donors (Lipinski definition) is 1. The molecule has 1 fully saturated rings. The fraction of sp³-hybridized carbons (Fsp3) is 0.455. The first-order valence-corrected chi connectivity index (χ1v) is 7.64. The zero-order chi connectivity index (χ0) is 13.6. The van der Waals surface area contributed by atoms with Gasteiger partial charge in [0.2, 0.25) is 10.0 Å². The minimum atomic E-state index is -3.71. The van der Waals surface area contributed by atoms with E-state index in [1.807, 2.05) is 0 Å². The Labute approximate surface area is 113 Å². The molecule has 1 aliphatic carbocycles. The molecule has 0 bridgehead atoms. The van der Waals surface area contributed by atoms with Gasteiger partial charge in [-0.15, -0.1) is 0 Å². The number of alkyl halides is 2. The Morgan fingerprint density at radius 1 is 1.39 bits per heavy atom. The monoisotopic (exact) mass is 339 g/mol. The number of aryl methyl sites for hydroxylation is 1. The van der Waals surface area contributed by atoms with E-state index >= 15 is 0 Å². The highest BCUT2D eigenvalue weighted by atomic mass is 79.9. The Morgan fingerprint density at radius 2 is 2.00 bits per heavy atom. The molecule has 1 N–H and O–H groups in total. The van der Waals surface area contributed by atoms with Crippen molar-refractivity contribution in [1.82, 2.24) is 4.72 Å². The fourth-order valence-electron chi connectivity index (χ4n) is 1.82. The van der Waals surface area contributed by atoms with Gasteiger partial charge in [-0.25, -0.2) is 21.9 Å². The molecule has 1 aromatic carbocycles. The third-order valence-corrected chi connectivity index (χ3v) is 5.26. The predicted octanol–water partition coefficient (Wildman–Crippen LogP) is 2.83. The maximum atomic E-state index is 12.6. The average molecular weight is 340 g/mol. The Hall–Kier alpha value is -0.530. The lowest BCUT2D eigenvalue weighted by Gasteiger charge is -2.34. The third-order valence-electron chi connectivity index (χ3n) is 2.85. The smallest absolute Gasteiger partial charge is 0.208 e. The highest BCUT2D eigenvalue weighted by Crippen LogP contribution is 2.38. The summed E-state index contributed by atoms with van der Waals surface area (Å²) in [4.78, 5) is 0.0958. The molecule has 7 heteroatoms. The van der Waals surface area contributed by atoms with Gasteiger partial charge in [-0.3, -0.25) is 0 Å². The molecular weight excluding hydrogens is 328 g/mol. The molecule has 0 atom stereocenters. The van der Waals surface area contributed by atoms with Gasteiger partial charge in [0.05, 0.1) is 4.90 Å². The van der Waals surface area contributed by atoms with Gasteiger partial charge in [0.25, 0.3) is 5.92 Å². The largest absolute Gasteiger partial charge is 0.251 e. The number of sulfonamides is 1. The van der Waals surface area contributed by atoms with E-state index in [1.165, 1.54) is 12.1 Å². The lowest BCUT2D eigenvalue weighted by Crippen LogP contribution is -2.50. The number of nitrogens with one attached hydrogen (secondary N) is 1. The Bertz CT molecular complexity index is 566. The molecule has 1 aromatic rings. The molecule has 0 radical (unpaired) electrons. The molecule has 0 aliphatic heterocycles. The van der Waals surface area contributed by atoms with E-state index in [2.05, 4.69) is 20.7 Å². The molecule has 0 unspecified atom stereocenters. The van der Waals surface area contributed by atoms with Crippen molar-refractivity contribution in [2.75, 3.05) is 0 Å². The van der Waals surface area contributed by atoms with E-state index in [9.17, 15) is 17.2 Å². The van der Waals surface area contributed by atoms with Crippen molar-refractivity contribution in [3.63, 3.8) is 0 Å². The zero-order valence-corrected chi connectivity index (χ0v) is 12.0. The van der Waals surface area contributed by atoms with Crippen LogP contribution in [0.3, 0.4) is 0 Å². The first kappa shape index (κ1) is 13.9. The summed E-state index contributed by atoms with van der Waals surface area (Å²) in [6.07, 6.45) is -0.858. The van der Waals surface area contributed by atoms with Crippen LogP contribution in [0.4, 0.5) is 8.78 Å². The topological polar surface area (TPSA) is 46.2 Å². The summed E-state index contributed by atoms with van der Waals surface area (Å²) in [5.74, 6) is -2.73. The van der Waals surface area contributed by atoms with Crippen LogP contribution in [0.15, 0.2) is 27.6 Å². The van der Waals surface area contributed by atoms with Crippen molar-refractivity contribution in [3.8, 4) is 0 Å². The number of halogens is 3. The van der Waals surface area contributed by atoms with E-state index in [0.717, 1.165) is 10.0 Å². The summed E-state index contributed by atoms with van der Waals surface area (Å²) in [5.41, 5.74) is 0.775. The van der Waals surface area contributed by atoms with Gasteiger partial charge in [-0.2, -0.15) is 0 Å². The van der Waals surface area contributed by atoms with E-state index in [1.54, 1.807) is 13.0 Å². The average Bonchev–Trinajstić information content (AvgIpc) is 2.18. The zero-order valence-electron chi connectivity index (χ0n) is 9.58. The maximum absolute atomic E-state index is 12.6. The Balaban J connectivity index is 2.14. The van der Waals surface area contributed by atoms with Crippen LogP contribution in [0.25, 0.3) is 0 Å². The van der Waals surface area contributed by atoms with Gasteiger partial charge in [-0.05, 0) is 30.7 Å². The molecular formula is C11H12BrF2NO2S. The highest BCUT2D eigenvalue weighted by Gasteiger charge is 2.46. The van der Waals surface area contributed by atoms with Crippen molar-refractivity contribution in [1.29, 1.82) is 0 Å². The molecule has 0 saturated heterocycles. The summed E-state index contributed by atoms with van der Waals surface area (Å²) in [6, 6.07) is 3.90. The van der Waals surface area contributed by atoms with Crippen LogP contribution in [0.1, 0.15) is 18.4 Å². The SMILES string of the molecule is Cc1cc(S(=O)(=O)NC2CC(F)(F)C2)ccc1Br. The van der Waals surface area contributed by atoms with Gasteiger partial charge < -0.3 is 0 Å². The van der Waals surface area contributed by atoms with Crippen LogP contribution in [-0.4, -0.2) is 20.4 Å². The molecule has 100 valence electrons. The molecule has 1 aliphatic rings. The number of hydrogen-bond acceptors (Lipinski definition) is 2. The minimum absolute atomic E-state index is 0.0958.